The molecule has 0 amide bonds. The summed E-state index contributed by atoms with van der Waals surface area (Å²) in [5.74, 6) is 1.05. The van der Waals surface area contributed by atoms with Gasteiger partial charge < -0.3 is 10.2 Å². The van der Waals surface area contributed by atoms with Crippen molar-refractivity contribution >= 4 is 16.7 Å². The minimum atomic E-state index is 0.330. The van der Waals surface area contributed by atoms with Crippen molar-refractivity contribution in [3.05, 3.63) is 65.5 Å². The van der Waals surface area contributed by atoms with Gasteiger partial charge in [-0.05, 0) is 42.7 Å². The van der Waals surface area contributed by atoms with Crippen molar-refractivity contribution < 1.29 is 0 Å². The average molecular weight is 318 g/mol. The second-order valence-electron chi connectivity index (χ2n) is 6.51. The smallest absolute Gasteiger partial charge is 0.139 e. The van der Waals surface area contributed by atoms with Gasteiger partial charge in [-0.1, -0.05) is 30.3 Å². The number of nitrogens with one attached hydrogen (secondary N) is 1. The number of aromatic nitrogens is 2. The molecule has 0 spiro atoms. The zero-order chi connectivity index (χ0) is 16.5. The fraction of sp³-hybridized carbons (Fsp3) is 0.300. The minimum absolute atomic E-state index is 0.330. The zero-order valence-corrected chi connectivity index (χ0v) is 14.2. The van der Waals surface area contributed by atoms with Gasteiger partial charge in [0.2, 0.25) is 0 Å². The molecule has 2 heterocycles. The summed E-state index contributed by atoms with van der Waals surface area (Å²) in [5, 5.41) is 4.77. The van der Waals surface area contributed by atoms with E-state index in [4.69, 9.17) is 0 Å². The van der Waals surface area contributed by atoms with Gasteiger partial charge in [0.05, 0.1) is 5.52 Å². The van der Waals surface area contributed by atoms with E-state index in [1.54, 1.807) is 6.33 Å². The Morgan fingerprint density at radius 1 is 1.04 bits per heavy atom. The van der Waals surface area contributed by atoms with Crippen LogP contribution in [0.1, 0.15) is 22.7 Å². The Morgan fingerprint density at radius 2 is 1.83 bits per heavy atom. The van der Waals surface area contributed by atoms with Gasteiger partial charge in [-0.3, -0.25) is 0 Å². The maximum atomic E-state index is 4.62. The number of aryl methyl sites for hydroxylation is 2. The lowest BCUT2D eigenvalue weighted by molar-refractivity contribution is 0.470. The van der Waals surface area contributed by atoms with Crippen molar-refractivity contribution in [3.63, 3.8) is 0 Å². The van der Waals surface area contributed by atoms with Gasteiger partial charge in [-0.2, -0.15) is 0 Å². The van der Waals surface area contributed by atoms with E-state index in [2.05, 4.69) is 76.5 Å². The molecule has 4 nitrogen and oxygen atoms in total. The first-order valence-corrected chi connectivity index (χ1v) is 8.47. The maximum absolute atomic E-state index is 4.62. The topological polar surface area (TPSA) is 41.1 Å². The number of anilines is 1. The standard InChI is InChI=1S/C20H22N4/c1-14-10-17-18(11-15(14)2)22-13-23-20(17)24-9-8-21-19(12-24)16-6-4-3-5-7-16/h3-7,10-11,13,19,21H,8-9,12H2,1-2H3/t19-/m0/s1. The fourth-order valence-corrected chi connectivity index (χ4v) is 3.41. The summed E-state index contributed by atoms with van der Waals surface area (Å²) in [7, 11) is 0. The van der Waals surface area contributed by atoms with Crippen LogP contribution in [-0.4, -0.2) is 29.6 Å². The largest absolute Gasteiger partial charge is 0.353 e. The fourth-order valence-electron chi connectivity index (χ4n) is 3.41. The molecule has 1 N–H and O–H groups in total. The molecule has 1 aliphatic rings. The van der Waals surface area contributed by atoms with Crippen LogP contribution < -0.4 is 10.2 Å². The molecule has 2 aromatic carbocycles. The summed E-state index contributed by atoms with van der Waals surface area (Å²) in [6.45, 7) is 7.12. The maximum Gasteiger partial charge on any atom is 0.139 e. The summed E-state index contributed by atoms with van der Waals surface area (Å²) in [6.07, 6.45) is 1.69. The number of hydrogen-bond donors (Lipinski definition) is 1. The molecular weight excluding hydrogens is 296 g/mol. The predicted octanol–water partition coefficient (Wildman–Crippen LogP) is 3.40. The van der Waals surface area contributed by atoms with Crippen molar-refractivity contribution in [2.24, 2.45) is 0 Å². The molecule has 0 saturated carbocycles. The Bertz CT molecular complexity index is 860. The molecule has 0 aliphatic carbocycles. The first-order chi connectivity index (χ1) is 11.7. The van der Waals surface area contributed by atoms with Crippen molar-refractivity contribution in [1.82, 2.24) is 15.3 Å². The van der Waals surface area contributed by atoms with Gasteiger partial charge in [-0.25, -0.2) is 9.97 Å². The van der Waals surface area contributed by atoms with E-state index >= 15 is 0 Å². The molecule has 1 fully saturated rings. The van der Waals surface area contributed by atoms with Crippen LogP contribution in [0.3, 0.4) is 0 Å². The van der Waals surface area contributed by atoms with Crippen LogP contribution in [0.25, 0.3) is 10.9 Å². The van der Waals surface area contributed by atoms with Gasteiger partial charge in [0.15, 0.2) is 0 Å². The normalized spacial score (nSPS) is 18.1. The van der Waals surface area contributed by atoms with Crippen LogP contribution >= 0.6 is 0 Å². The molecule has 1 aromatic heterocycles. The Kier molecular flexibility index (Phi) is 3.90. The Morgan fingerprint density at radius 3 is 2.67 bits per heavy atom. The summed E-state index contributed by atoms with van der Waals surface area (Å²) in [6, 6.07) is 15.3. The lowest BCUT2D eigenvalue weighted by Gasteiger charge is -2.35. The molecule has 1 atom stereocenters. The number of benzene rings is 2. The summed E-state index contributed by atoms with van der Waals surface area (Å²) in [5.41, 5.74) is 4.91. The van der Waals surface area contributed by atoms with E-state index in [0.717, 1.165) is 36.4 Å². The highest BCUT2D eigenvalue weighted by Gasteiger charge is 2.23. The molecule has 0 bridgehead atoms. The highest BCUT2D eigenvalue weighted by molar-refractivity contribution is 5.90. The van der Waals surface area contributed by atoms with E-state index in [-0.39, 0.29) is 0 Å². The number of fused-ring (bicyclic) bond motifs is 1. The first kappa shape index (κ1) is 15.1. The van der Waals surface area contributed by atoms with Crippen LogP contribution in [0.2, 0.25) is 0 Å². The lowest BCUT2D eigenvalue weighted by Crippen LogP contribution is -2.46. The molecular formula is C20H22N4. The molecule has 122 valence electrons. The second-order valence-corrected chi connectivity index (χ2v) is 6.51. The third-order valence-electron chi connectivity index (χ3n) is 4.91. The van der Waals surface area contributed by atoms with Crippen molar-refractivity contribution in [2.75, 3.05) is 24.5 Å². The monoisotopic (exact) mass is 318 g/mol. The SMILES string of the molecule is Cc1cc2ncnc(N3CCN[C@H](c4ccccc4)C3)c2cc1C. The zero-order valence-electron chi connectivity index (χ0n) is 14.2. The molecule has 0 unspecified atom stereocenters. The average Bonchev–Trinajstić information content (AvgIpc) is 2.63. The summed E-state index contributed by atoms with van der Waals surface area (Å²) < 4.78 is 0. The van der Waals surface area contributed by atoms with Gasteiger partial charge >= 0.3 is 0 Å². The number of piperazine rings is 1. The number of nitrogens with zero attached hydrogens (tertiary/aromatic N) is 3. The van der Waals surface area contributed by atoms with Crippen LogP contribution in [0.4, 0.5) is 5.82 Å². The van der Waals surface area contributed by atoms with E-state index in [0.29, 0.717) is 6.04 Å². The molecule has 3 aromatic rings. The Hall–Kier alpha value is -2.46. The predicted molar refractivity (Wildman–Crippen MR) is 98.4 cm³/mol. The van der Waals surface area contributed by atoms with E-state index in [1.807, 2.05) is 0 Å². The van der Waals surface area contributed by atoms with Crippen molar-refractivity contribution in [1.29, 1.82) is 0 Å². The number of rotatable bonds is 2. The van der Waals surface area contributed by atoms with Gasteiger partial charge in [0.1, 0.15) is 12.1 Å². The Labute approximate surface area is 142 Å². The molecule has 1 saturated heterocycles. The molecule has 0 radical (unpaired) electrons. The van der Waals surface area contributed by atoms with Crippen LogP contribution in [0.5, 0.6) is 0 Å². The van der Waals surface area contributed by atoms with E-state index in [1.165, 1.54) is 16.7 Å². The van der Waals surface area contributed by atoms with Crippen LogP contribution in [-0.2, 0) is 0 Å². The minimum Gasteiger partial charge on any atom is -0.353 e. The molecule has 24 heavy (non-hydrogen) atoms. The van der Waals surface area contributed by atoms with E-state index < -0.39 is 0 Å². The lowest BCUT2D eigenvalue weighted by atomic mass is 10.0. The highest BCUT2D eigenvalue weighted by Crippen LogP contribution is 2.28. The third kappa shape index (κ3) is 2.74. The van der Waals surface area contributed by atoms with Gasteiger partial charge in [0, 0.05) is 31.1 Å². The Balaban J connectivity index is 1.71. The van der Waals surface area contributed by atoms with Crippen molar-refractivity contribution in [2.45, 2.75) is 19.9 Å². The number of hydrogen-bond acceptors (Lipinski definition) is 4. The molecule has 4 heteroatoms. The van der Waals surface area contributed by atoms with Gasteiger partial charge in [0.25, 0.3) is 0 Å². The van der Waals surface area contributed by atoms with Crippen LogP contribution in [0, 0.1) is 13.8 Å². The first-order valence-electron chi connectivity index (χ1n) is 8.47. The summed E-state index contributed by atoms with van der Waals surface area (Å²) in [4.78, 5) is 11.5. The summed E-state index contributed by atoms with van der Waals surface area (Å²) >= 11 is 0. The van der Waals surface area contributed by atoms with Crippen molar-refractivity contribution in [3.8, 4) is 0 Å². The molecule has 4 rings (SSSR count). The van der Waals surface area contributed by atoms with Crippen LogP contribution in [0.15, 0.2) is 48.8 Å². The molecule has 1 aliphatic heterocycles. The second kappa shape index (κ2) is 6.21. The van der Waals surface area contributed by atoms with Gasteiger partial charge in [-0.15, -0.1) is 0 Å². The quantitative estimate of drug-likeness (QED) is 0.786. The van der Waals surface area contributed by atoms with E-state index in [9.17, 15) is 0 Å². The third-order valence-corrected chi connectivity index (χ3v) is 4.91. The highest BCUT2D eigenvalue weighted by atomic mass is 15.2.